The molecule has 0 fully saturated rings. The van der Waals surface area contributed by atoms with Crippen LogP contribution in [0.3, 0.4) is 0 Å². The SMILES string of the molecule is c1ccc(-c2ccc(-c3nc(-c4ccc5oc6ccccc6c5c4-n4c5ccccc5c5cc6ccccc6cc54)nc(-n4c5ccccc5c5ccccc54)n3)cc2)cc1. The van der Waals surface area contributed by atoms with E-state index in [2.05, 4.69) is 191 Å². The zero-order chi connectivity index (χ0) is 40.0. The molecule has 0 atom stereocenters. The van der Waals surface area contributed by atoms with Gasteiger partial charge in [0.05, 0.1) is 33.1 Å². The molecule has 0 saturated carbocycles. The molecular formula is C55H33N5O. The fraction of sp³-hybridized carbons (Fsp3) is 0. The average Bonchev–Trinajstić information content (AvgIpc) is 3.98. The van der Waals surface area contributed by atoms with Gasteiger partial charge in [0.25, 0.3) is 0 Å². The number of para-hydroxylation sites is 4. The van der Waals surface area contributed by atoms with Gasteiger partial charge in [0.1, 0.15) is 11.2 Å². The first-order valence-corrected chi connectivity index (χ1v) is 20.5. The van der Waals surface area contributed by atoms with Crippen LogP contribution in [0.15, 0.2) is 205 Å². The van der Waals surface area contributed by atoms with Crippen LogP contribution in [0.4, 0.5) is 0 Å². The van der Waals surface area contributed by atoms with Gasteiger partial charge < -0.3 is 8.98 Å². The predicted octanol–water partition coefficient (Wildman–Crippen LogP) is 14.1. The van der Waals surface area contributed by atoms with E-state index in [-0.39, 0.29) is 0 Å². The molecule has 9 aromatic carbocycles. The van der Waals surface area contributed by atoms with Gasteiger partial charge in [-0.2, -0.15) is 9.97 Å². The standard InChI is InChI=1S/C55H33N5O/c1-2-14-34(15-3-1)35-26-28-36(29-27-35)53-56-54(58-55(57-53)60-46-23-11-6-18-39(46)40-19-7-12-24-47(40)60)43-30-31-50-51(42-21-9-13-25-49(42)61-50)52(43)59-45-22-10-8-20-41(45)44-32-37-16-4-5-17-38(37)33-48(44)59/h1-33H. The molecule has 0 aliphatic carbocycles. The Morgan fingerprint density at radius 2 is 0.885 bits per heavy atom. The second-order valence-corrected chi connectivity index (χ2v) is 15.6. The number of furan rings is 1. The number of hydrogen-bond acceptors (Lipinski definition) is 4. The summed E-state index contributed by atoms with van der Waals surface area (Å²) in [6.07, 6.45) is 0. The Bertz CT molecular complexity index is 3820. The van der Waals surface area contributed by atoms with E-state index in [0.717, 1.165) is 82.7 Å². The number of fused-ring (bicyclic) bond motifs is 10. The van der Waals surface area contributed by atoms with Crippen LogP contribution in [-0.4, -0.2) is 24.1 Å². The monoisotopic (exact) mass is 779 g/mol. The first-order chi connectivity index (χ1) is 30.2. The van der Waals surface area contributed by atoms with Crippen LogP contribution in [0.1, 0.15) is 0 Å². The molecule has 4 heterocycles. The van der Waals surface area contributed by atoms with Gasteiger partial charge in [-0.3, -0.25) is 4.57 Å². The van der Waals surface area contributed by atoms with Crippen molar-refractivity contribution in [2.24, 2.45) is 0 Å². The third-order valence-electron chi connectivity index (χ3n) is 12.2. The molecule has 284 valence electrons. The molecule has 61 heavy (non-hydrogen) atoms. The van der Waals surface area contributed by atoms with Crippen LogP contribution in [0.2, 0.25) is 0 Å². The molecule has 0 bridgehead atoms. The van der Waals surface area contributed by atoms with Crippen molar-refractivity contribution in [1.29, 1.82) is 0 Å². The smallest absolute Gasteiger partial charge is 0.238 e. The maximum atomic E-state index is 6.63. The minimum absolute atomic E-state index is 0.542. The van der Waals surface area contributed by atoms with Gasteiger partial charge in [-0.05, 0) is 70.4 Å². The molecule has 0 amide bonds. The Balaban J connectivity index is 1.16. The van der Waals surface area contributed by atoms with Gasteiger partial charge in [0.2, 0.25) is 5.95 Å². The van der Waals surface area contributed by atoms with Crippen molar-refractivity contribution in [3.63, 3.8) is 0 Å². The second-order valence-electron chi connectivity index (χ2n) is 15.6. The molecule has 4 aromatic heterocycles. The lowest BCUT2D eigenvalue weighted by molar-refractivity contribution is 0.669. The van der Waals surface area contributed by atoms with Crippen molar-refractivity contribution in [3.05, 3.63) is 200 Å². The van der Waals surface area contributed by atoms with Gasteiger partial charge in [-0.15, -0.1) is 0 Å². The van der Waals surface area contributed by atoms with Gasteiger partial charge in [0.15, 0.2) is 11.6 Å². The van der Waals surface area contributed by atoms with Crippen molar-refractivity contribution < 1.29 is 4.42 Å². The van der Waals surface area contributed by atoms with E-state index in [9.17, 15) is 0 Å². The molecule has 0 N–H and O–H groups in total. The number of nitrogens with zero attached hydrogens (tertiary/aromatic N) is 5. The lowest BCUT2D eigenvalue weighted by atomic mass is 10.0. The maximum absolute atomic E-state index is 6.63. The minimum Gasteiger partial charge on any atom is -0.456 e. The lowest BCUT2D eigenvalue weighted by Crippen LogP contribution is -2.08. The van der Waals surface area contributed by atoms with E-state index < -0.39 is 0 Å². The largest absolute Gasteiger partial charge is 0.456 e. The Morgan fingerprint density at radius 1 is 0.344 bits per heavy atom. The molecule has 0 radical (unpaired) electrons. The zero-order valence-corrected chi connectivity index (χ0v) is 32.7. The normalized spacial score (nSPS) is 11.9. The highest BCUT2D eigenvalue weighted by Gasteiger charge is 2.25. The fourth-order valence-electron chi connectivity index (χ4n) is 9.40. The van der Waals surface area contributed by atoms with Crippen molar-refractivity contribution in [2.75, 3.05) is 0 Å². The summed E-state index contributed by atoms with van der Waals surface area (Å²) in [5.41, 5.74) is 10.8. The molecule has 13 rings (SSSR count). The van der Waals surface area contributed by atoms with Crippen molar-refractivity contribution in [2.45, 2.75) is 0 Å². The predicted molar refractivity (Wildman–Crippen MR) is 250 cm³/mol. The number of aromatic nitrogens is 5. The summed E-state index contributed by atoms with van der Waals surface area (Å²) in [5.74, 6) is 1.68. The number of benzene rings is 9. The summed E-state index contributed by atoms with van der Waals surface area (Å²) in [5, 5.41) is 8.99. The highest BCUT2D eigenvalue weighted by Crippen LogP contribution is 2.44. The topological polar surface area (TPSA) is 61.7 Å². The fourth-order valence-corrected chi connectivity index (χ4v) is 9.40. The summed E-state index contributed by atoms with van der Waals surface area (Å²) in [6, 6.07) is 70.2. The number of rotatable bonds is 5. The number of hydrogen-bond donors (Lipinski definition) is 0. The van der Waals surface area contributed by atoms with Crippen molar-refractivity contribution in [1.82, 2.24) is 24.1 Å². The van der Waals surface area contributed by atoms with E-state index in [1.54, 1.807) is 0 Å². The molecule has 0 spiro atoms. The molecule has 13 aromatic rings. The molecular weight excluding hydrogens is 747 g/mol. The molecule has 0 aliphatic rings. The summed E-state index contributed by atoms with van der Waals surface area (Å²) < 4.78 is 11.2. The molecule has 6 heteroatoms. The molecule has 0 aliphatic heterocycles. The van der Waals surface area contributed by atoms with Crippen LogP contribution < -0.4 is 0 Å². The summed E-state index contributed by atoms with van der Waals surface area (Å²) >= 11 is 0. The average molecular weight is 780 g/mol. The first kappa shape index (κ1) is 33.6. The highest BCUT2D eigenvalue weighted by atomic mass is 16.3. The van der Waals surface area contributed by atoms with Gasteiger partial charge in [-0.25, -0.2) is 4.98 Å². The Labute approximate surface area is 349 Å². The summed E-state index contributed by atoms with van der Waals surface area (Å²) in [7, 11) is 0. The highest BCUT2D eigenvalue weighted by molar-refractivity contribution is 6.18. The minimum atomic E-state index is 0.542. The van der Waals surface area contributed by atoms with Gasteiger partial charge in [0, 0.05) is 38.1 Å². The Hall–Kier alpha value is -8.35. The van der Waals surface area contributed by atoms with Crippen LogP contribution in [0.5, 0.6) is 0 Å². The zero-order valence-electron chi connectivity index (χ0n) is 32.7. The summed E-state index contributed by atoms with van der Waals surface area (Å²) in [6.45, 7) is 0. The van der Waals surface area contributed by atoms with E-state index in [4.69, 9.17) is 19.4 Å². The third-order valence-corrected chi connectivity index (χ3v) is 12.2. The lowest BCUT2D eigenvalue weighted by Gasteiger charge is -2.16. The third kappa shape index (κ3) is 5.12. The van der Waals surface area contributed by atoms with Crippen LogP contribution in [0, 0.1) is 0 Å². The molecule has 0 saturated heterocycles. The Morgan fingerprint density at radius 3 is 1.61 bits per heavy atom. The Kier molecular flexibility index (Phi) is 7.21. The van der Waals surface area contributed by atoms with Crippen LogP contribution in [0.25, 0.3) is 122 Å². The van der Waals surface area contributed by atoms with Crippen molar-refractivity contribution in [3.8, 4) is 45.5 Å². The quantitative estimate of drug-likeness (QED) is 0.175. The van der Waals surface area contributed by atoms with Gasteiger partial charge in [-0.1, -0.05) is 152 Å². The van der Waals surface area contributed by atoms with E-state index >= 15 is 0 Å². The van der Waals surface area contributed by atoms with E-state index in [1.807, 2.05) is 18.2 Å². The first-order valence-electron chi connectivity index (χ1n) is 20.5. The molecule has 6 nitrogen and oxygen atoms in total. The van der Waals surface area contributed by atoms with Crippen molar-refractivity contribution >= 4 is 76.3 Å². The summed E-state index contributed by atoms with van der Waals surface area (Å²) in [4.78, 5) is 16.2. The van der Waals surface area contributed by atoms with Crippen LogP contribution in [-0.2, 0) is 0 Å². The van der Waals surface area contributed by atoms with Gasteiger partial charge >= 0.3 is 0 Å². The molecule has 0 unspecified atom stereocenters. The van der Waals surface area contributed by atoms with Crippen LogP contribution >= 0.6 is 0 Å². The van der Waals surface area contributed by atoms with E-state index in [0.29, 0.717) is 17.6 Å². The van der Waals surface area contributed by atoms with E-state index in [1.165, 1.54) is 21.5 Å². The maximum Gasteiger partial charge on any atom is 0.238 e. The second kappa shape index (κ2) is 13.1.